The lowest BCUT2D eigenvalue weighted by molar-refractivity contribution is -0.133. The molecule has 6 heteroatoms. The molecule has 0 spiro atoms. The molecule has 0 N–H and O–H groups in total. The quantitative estimate of drug-likeness (QED) is 0.704. The lowest BCUT2D eigenvalue weighted by Crippen LogP contribution is -2.59. The van der Waals surface area contributed by atoms with Crippen molar-refractivity contribution < 1.29 is 28.6 Å². The summed E-state index contributed by atoms with van der Waals surface area (Å²) in [7, 11) is 0. The van der Waals surface area contributed by atoms with Gasteiger partial charge in [0.2, 0.25) is 0 Å². The second-order valence-corrected chi connectivity index (χ2v) is 8.94. The van der Waals surface area contributed by atoms with E-state index in [1.54, 1.807) is 55.5 Å². The lowest BCUT2D eigenvalue weighted by atomic mass is 9.66. The van der Waals surface area contributed by atoms with Crippen LogP contribution in [0.3, 0.4) is 0 Å². The Morgan fingerprint density at radius 2 is 1.32 bits per heavy atom. The van der Waals surface area contributed by atoms with Crippen LogP contribution in [0.2, 0.25) is 0 Å². The number of ketones is 1. The zero-order valence-corrected chi connectivity index (χ0v) is 17.4. The number of hydrogen-bond donors (Lipinski definition) is 0. The number of carbonyl (C=O) groups excluding carboxylic acids is 3. The number of ether oxygens (including phenoxy) is 3. The third kappa shape index (κ3) is 2.92. The third-order valence-corrected chi connectivity index (χ3v) is 7.14. The van der Waals surface area contributed by atoms with Gasteiger partial charge < -0.3 is 14.2 Å². The second-order valence-electron chi connectivity index (χ2n) is 8.94. The molecule has 0 amide bonds. The molecule has 0 aromatic heterocycles. The average molecular weight is 420 g/mol. The van der Waals surface area contributed by atoms with Gasteiger partial charge in [-0.2, -0.15) is 0 Å². The summed E-state index contributed by atoms with van der Waals surface area (Å²) >= 11 is 0. The van der Waals surface area contributed by atoms with Crippen molar-refractivity contribution in [2.24, 2.45) is 11.8 Å². The van der Waals surface area contributed by atoms with E-state index >= 15 is 0 Å². The van der Waals surface area contributed by atoms with Crippen molar-refractivity contribution in [2.45, 2.75) is 50.1 Å². The van der Waals surface area contributed by atoms with E-state index in [9.17, 15) is 14.4 Å². The Balaban J connectivity index is 1.50. The molecule has 2 saturated heterocycles. The maximum Gasteiger partial charge on any atom is 0.338 e. The van der Waals surface area contributed by atoms with Gasteiger partial charge in [-0.05, 0) is 44.5 Å². The highest BCUT2D eigenvalue weighted by Gasteiger charge is 2.77. The summed E-state index contributed by atoms with van der Waals surface area (Å²) in [5.74, 6) is -1.38. The molecule has 2 aliphatic heterocycles. The fourth-order valence-corrected chi connectivity index (χ4v) is 5.77. The van der Waals surface area contributed by atoms with Crippen molar-refractivity contribution in [1.82, 2.24) is 0 Å². The van der Waals surface area contributed by atoms with Crippen LogP contribution in [0.1, 0.15) is 47.4 Å². The predicted molar refractivity (Wildman–Crippen MR) is 110 cm³/mol. The van der Waals surface area contributed by atoms with Crippen LogP contribution >= 0.6 is 0 Å². The Hall–Kier alpha value is -2.99. The van der Waals surface area contributed by atoms with Gasteiger partial charge in [0.15, 0.2) is 12.2 Å². The first-order valence-corrected chi connectivity index (χ1v) is 10.6. The summed E-state index contributed by atoms with van der Waals surface area (Å²) in [5, 5.41) is 0. The monoisotopic (exact) mass is 420 g/mol. The van der Waals surface area contributed by atoms with Crippen LogP contribution in [0.4, 0.5) is 0 Å². The minimum Gasteiger partial charge on any atom is -0.452 e. The van der Waals surface area contributed by atoms with Crippen LogP contribution in [0.15, 0.2) is 60.7 Å². The van der Waals surface area contributed by atoms with Gasteiger partial charge in [0.05, 0.1) is 17.0 Å². The van der Waals surface area contributed by atoms with Crippen molar-refractivity contribution in [1.29, 1.82) is 0 Å². The first-order valence-electron chi connectivity index (χ1n) is 10.6. The van der Waals surface area contributed by atoms with Crippen LogP contribution in [0.25, 0.3) is 0 Å². The minimum absolute atomic E-state index is 0.0785. The third-order valence-electron chi connectivity index (χ3n) is 7.14. The van der Waals surface area contributed by atoms with Gasteiger partial charge in [-0.25, -0.2) is 9.59 Å². The highest BCUT2D eigenvalue weighted by atomic mass is 16.7. The Morgan fingerprint density at radius 3 is 1.84 bits per heavy atom. The molecule has 0 radical (unpaired) electrons. The first kappa shape index (κ1) is 19.9. The van der Waals surface area contributed by atoms with Gasteiger partial charge in [-0.1, -0.05) is 36.4 Å². The molecule has 2 aromatic rings. The number of benzene rings is 2. The molecule has 1 saturated carbocycles. The maximum absolute atomic E-state index is 12.9. The Kier molecular flexibility index (Phi) is 4.52. The Labute approximate surface area is 180 Å². The van der Waals surface area contributed by atoms with E-state index in [1.807, 2.05) is 19.1 Å². The molecule has 2 heterocycles. The summed E-state index contributed by atoms with van der Waals surface area (Å²) in [6, 6.07) is 17.3. The molecule has 2 bridgehead atoms. The van der Waals surface area contributed by atoms with E-state index in [0.717, 1.165) is 0 Å². The van der Waals surface area contributed by atoms with Crippen LogP contribution in [-0.4, -0.2) is 41.1 Å². The van der Waals surface area contributed by atoms with Crippen LogP contribution < -0.4 is 0 Å². The average Bonchev–Trinajstić information content (AvgIpc) is 3.36. The zero-order chi connectivity index (χ0) is 21.8. The number of Topliss-reactive ketones (excluding diaryl/α,β-unsaturated/α-hetero) is 1. The second kappa shape index (κ2) is 7.02. The normalized spacial score (nSPS) is 35.6. The zero-order valence-electron chi connectivity index (χ0n) is 17.4. The number of carbonyl (C=O) groups is 3. The smallest absolute Gasteiger partial charge is 0.338 e. The van der Waals surface area contributed by atoms with E-state index in [1.165, 1.54) is 0 Å². The van der Waals surface area contributed by atoms with E-state index < -0.39 is 35.3 Å². The summed E-state index contributed by atoms with van der Waals surface area (Å²) in [5.41, 5.74) is -1.15. The maximum atomic E-state index is 12.9. The molecule has 2 aromatic carbocycles. The van der Waals surface area contributed by atoms with Crippen molar-refractivity contribution in [3.05, 3.63) is 71.8 Å². The van der Waals surface area contributed by atoms with Crippen molar-refractivity contribution in [2.75, 3.05) is 0 Å². The first-order chi connectivity index (χ1) is 14.8. The number of fused-ring (bicyclic) bond motifs is 5. The van der Waals surface area contributed by atoms with Crippen molar-refractivity contribution in [3.63, 3.8) is 0 Å². The molecule has 160 valence electrons. The van der Waals surface area contributed by atoms with Gasteiger partial charge >= 0.3 is 11.9 Å². The summed E-state index contributed by atoms with van der Waals surface area (Å²) in [6.45, 7) is 3.67. The van der Waals surface area contributed by atoms with Gasteiger partial charge in [0.1, 0.15) is 17.0 Å². The molecule has 31 heavy (non-hydrogen) atoms. The molecular weight excluding hydrogens is 396 g/mol. The van der Waals surface area contributed by atoms with E-state index in [-0.39, 0.29) is 17.6 Å². The number of esters is 2. The van der Waals surface area contributed by atoms with Crippen LogP contribution in [-0.2, 0) is 19.0 Å². The molecule has 1 aliphatic carbocycles. The largest absolute Gasteiger partial charge is 0.452 e. The number of hydrogen-bond acceptors (Lipinski definition) is 6. The predicted octanol–water partition coefficient (Wildman–Crippen LogP) is 3.59. The van der Waals surface area contributed by atoms with E-state index in [0.29, 0.717) is 24.0 Å². The number of rotatable bonds is 4. The molecule has 6 nitrogen and oxygen atoms in total. The molecular formula is C25H24O6. The van der Waals surface area contributed by atoms with Crippen molar-refractivity contribution in [3.8, 4) is 0 Å². The fourth-order valence-electron chi connectivity index (χ4n) is 5.77. The van der Waals surface area contributed by atoms with Crippen LogP contribution in [0, 0.1) is 11.8 Å². The highest BCUT2D eigenvalue weighted by Crippen LogP contribution is 2.63. The lowest BCUT2D eigenvalue weighted by Gasteiger charge is -2.41. The molecule has 6 unspecified atom stereocenters. The SMILES string of the molecule is CC12OC(C)(C(OC(=O)c3ccccc3)C1OC(=O)c1ccccc1)C1C(=O)CCC12. The van der Waals surface area contributed by atoms with Gasteiger partial charge in [-0.3, -0.25) is 4.79 Å². The molecule has 6 atom stereocenters. The minimum atomic E-state index is -1.04. The van der Waals surface area contributed by atoms with Crippen LogP contribution in [0.5, 0.6) is 0 Å². The Morgan fingerprint density at radius 1 is 0.839 bits per heavy atom. The van der Waals surface area contributed by atoms with E-state index in [4.69, 9.17) is 14.2 Å². The van der Waals surface area contributed by atoms with Gasteiger partial charge in [-0.15, -0.1) is 0 Å². The highest BCUT2D eigenvalue weighted by molar-refractivity contribution is 5.91. The van der Waals surface area contributed by atoms with Gasteiger partial charge in [0, 0.05) is 12.3 Å². The van der Waals surface area contributed by atoms with Crippen molar-refractivity contribution >= 4 is 17.7 Å². The van der Waals surface area contributed by atoms with Gasteiger partial charge in [0.25, 0.3) is 0 Å². The molecule has 3 fully saturated rings. The fraction of sp³-hybridized carbons (Fsp3) is 0.400. The summed E-state index contributed by atoms with van der Waals surface area (Å²) in [4.78, 5) is 38.5. The van der Waals surface area contributed by atoms with E-state index in [2.05, 4.69) is 0 Å². The topological polar surface area (TPSA) is 78.9 Å². The Bertz CT molecular complexity index is 1030. The standard InChI is InChI=1S/C25H24O6/c1-24-17-13-14-18(26)19(17)25(2,31-24)21(30-23(28)16-11-7-4-8-12-16)20(24)29-22(27)15-9-5-3-6-10-15/h3-12,17,19-21H,13-14H2,1-2H3. The summed E-state index contributed by atoms with van der Waals surface area (Å²) in [6.07, 6.45) is -0.567. The molecule has 3 aliphatic rings. The summed E-state index contributed by atoms with van der Waals surface area (Å²) < 4.78 is 18.3. The molecule has 5 rings (SSSR count).